The Hall–Kier alpha value is -1.43. The SMILES string of the molecule is CCOC(=O)C(CCN1C(=O)CC(C)(C)C1=O)NC1CC1. The van der Waals surface area contributed by atoms with Crippen LogP contribution < -0.4 is 5.32 Å². The summed E-state index contributed by atoms with van der Waals surface area (Å²) >= 11 is 0. The lowest BCUT2D eigenvalue weighted by Gasteiger charge is -2.21. The first kappa shape index (κ1) is 15.9. The highest BCUT2D eigenvalue weighted by atomic mass is 16.5. The van der Waals surface area contributed by atoms with Crippen LogP contribution in [0.1, 0.15) is 46.5 Å². The van der Waals surface area contributed by atoms with E-state index in [4.69, 9.17) is 4.74 Å². The fraction of sp³-hybridized carbons (Fsp3) is 0.800. The van der Waals surface area contributed by atoms with Crippen molar-refractivity contribution in [1.82, 2.24) is 10.2 Å². The van der Waals surface area contributed by atoms with Gasteiger partial charge in [0, 0.05) is 19.0 Å². The molecule has 0 aromatic rings. The number of ether oxygens (including phenoxy) is 1. The number of hydrogen-bond acceptors (Lipinski definition) is 5. The van der Waals surface area contributed by atoms with E-state index in [9.17, 15) is 14.4 Å². The van der Waals surface area contributed by atoms with Gasteiger partial charge in [0.2, 0.25) is 11.8 Å². The van der Waals surface area contributed by atoms with Crippen LogP contribution in [0, 0.1) is 5.41 Å². The van der Waals surface area contributed by atoms with Crippen molar-refractivity contribution in [3.05, 3.63) is 0 Å². The van der Waals surface area contributed by atoms with Crippen molar-refractivity contribution in [3.63, 3.8) is 0 Å². The molecule has 0 aromatic heterocycles. The van der Waals surface area contributed by atoms with Crippen molar-refractivity contribution in [3.8, 4) is 0 Å². The topological polar surface area (TPSA) is 75.7 Å². The molecule has 1 saturated heterocycles. The fourth-order valence-corrected chi connectivity index (χ4v) is 2.56. The zero-order valence-electron chi connectivity index (χ0n) is 13.0. The van der Waals surface area contributed by atoms with Gasteiger partial charge in [0.15, 0.2) is 0 Å². The standard InChI is InChI=1S/C15H24N2O4/c1-4-21-13(19)11(16-10-5-6-10)7-8-17-12(18)9-15(2,3)14(17)20/h10-11,16H,4-9H2,1-3H3. The number of nitrogens with zero attached hydrogens (tertiary/aromatic N) is 1. The molecule has 1 unspecified atom stereocenters. The Bertz CT molecular complexity index is 443. The molecule has 1 saturated carbocycles. The molecule has 0 bridgehead atoms. The number of imide groups is 1. The third-order valence-electron chi connectivity index (χ3n) is 3.95. The molecule has 1 atom stereocenters. The van der Waals surface area contributed by atoms with Crippen LogP contribution in [0.5, 0.6) is 0 Å². The molecule has 0 spiro atoms. The van der Waals surface area contributed by atoms with Gasteiger partial charge < -0.3 is 10.1 Å². The van der Waals surface area contributed by atoms with E-state index >= 15 is 0 Å². The molecule has 1 N–H and O–H groups in total. The van der Waals surface area contributed by atoms with Crippen LogP contribution in [0.4, 0.5) is 0 Å². The summed E-state index contributed by atoms with van der Waals surface area (Å²) in [5.41, 5.74) is -0.625. The number of hydrogen-bond donors (Lipinski definition) is 1. The lowest BCUT2D eigenvalue weighted by molar-refractivity contribution is -0.147. The van der Waals surface area contributed by atoms with Gasteiger partial charge >= 0.3 is 5.97 Å². The lowest BCUT2D eigenvalue weighted by atomic mass is 9.92. The van der Waals surface area contributed by atoms with Crippen molar-refractivity contribution in [2.24, 2.45) is 5.41 Å². The number of likely N-dealkylation sites (tertiary alicyclic amines) is 1. The van der Waals surface area contributed by atoms with Crippen LogP contribution in [0.15, 0.2) is 0 Å². The van der Waals surface area contributed by atoms with Crippen LogP contribution in [0.3, 0.4) is 0 Å². The highest BCUT2D eigenvalue weighted by Gasteiger charge is 2.44. The molecule has 118 valence electrons. The number of amides is 2. The summed E-state index contributed by atoms with van der Waals surface area (Å²) in [7, 11) is 0. The van der Waals surface area contributed by atoms with Gasteiger partial charge in [-0.2, -0.15) is 0 Å². The highest BCUT2D eigenvalue weighted by molar-refractivity contribution is 6.05. The normalized spacial score (nSPS) is 22.5. The van der Waals surface area contributed by atoms with Crippen LogP contribution in [-0.2, 0) is 19.1 Å². The predicted octanol–water partition coefficient (Wildman–Crippen LogP) is 0.845. The Morgan fingerprint density at radius 1 is 1.43 bits per heavy atom. The summed E-state index contributed by atoms with van der Waals surface area (Å²) in [6.07, 6.45) is 2.77. The van der Waals surface area contributed by atoms with Gasteiger partial charge in [-0.1, -0.05) is 13.8 Å². The summed E-state index contributed by atoms with van der Waals surface area (Å²) < 4.78 is 5.05. The Morgan fingerprint density at radius 3 is 2.57 bits per heavy atom. The maximum Gasteiger partial charge on any atom is 0.323 e. The molecule has 1 heterocycles. The van der Waals surface area contributed by atoms with Gasteiger partial charge in [-0.15, -0.1) is 0 Å². The molecule has 6 heteroatoms. The van der Waals surface area contributed by atoms with E-state index in [0.717, 1.165) is 12.8 Å². The van der Waals surface area contributed by atoms with E-state index in [1.807, 2.05) is 0 Å². The molecular weight excluding hydrogens is 272 g/mol. The molecule has 2 aliphatic rings. The van der Waals surface area contributed by atoms with Crippen LogP contribution in [0.25, 0.3) is 0 Å². The molecule has 1 aliphatic carbocycles. The number of carbonyl (C=O) groups excluding carboxylic acids is 3. The lowest BCUT2D eigenvalue weighted by Crippen LogP contribution is -2.43. The zero-order chi connectivity index (χ0) is 15.6. The molecular formula is C15H24N2O4. The largest absolute Gasteiger partial charge is 0.465 e. The van der Waals surface area contributed by atoms with Gasteiger partial charge in [0.1, 0.15) is 6.04 Å². The zero-order valence-corrected chi connectivity index (χ0v) is 13.0. The van der Waals surface area contributed by atoms with Gasteiger partial charge in [0.25, 0.3) is 0 Å². The second-order valence-electron chi connectivity index (χ2n) is 6.45. The molecule has 0 aromatic carbocycles. The first-order valence-corrected chi connectivity index (χ1v) is 7.62. The quantitative estimate of drug-likeness (QED) is 0.557. The van der Waals surface area contributed by atoms with E-state index < -0.39 is 11.5 Å². The van der Waals surface area contributed by atoms with Crippen LogP contribution >= 0.6 is 0 Å². The third kappa shape index (κ3) is 3.81. The predicted molar refractivity (Wildman–Crippen MR) is 76.3 cm³/mol. The summed E-state index contributed by atoms with van der Waals surface area (Å²) in [6, 6.07) is -0.0809. The maximum atomic E-state index is 12.1. The van der Waals surface area contributed by atoms with E-state index in [1.54, 1.807) is 20.8 Å². The minimum Gasteiger partial charge on any atom is -0.465 e. The van der Waals surface area contributed by atoms with E-state index in [0.29, 0.717) is 19.1 Å². The van der Waals surface area contributed by atoms with Crippen LogP contribution in [-0.4, -0.2) is 47.9 Å². The van der Waals surface area contributed by atoms with Crippen molar-refractivity contribution in [2.75, 3.05) is 13.2 Å². The van der Waals surface area contributed by atoms with Gasteiger partial charge in [0.05, 0.1) is 12.0 Å². The van der Waals surface area contributed by atoms with E-state index in [1.165, 1.54) is 4.90 Å². The summed E-state index contributed by atoms with van der Waals surface area (Å²) in [5, 5.41) is 3.23. The monoisotopic (exact) mass is 296 g/mol. The Balaban J connectivity index is 1.93. The van der Waals surface area contributed by atoms with E-state index in [2.05, 4.69) is 5.32 Å². The molecule has 0 radical (unpaired) electrons. The first-order valence-electron chi connectivity index (χ1n) is 7.62. The Labute approximate surface area is 125 Å². The minimum atomic E-state index is -0.625. The van der Waals surface area contributed by atoms with Crippen LogP contribution in [0.2, 0.25) is 0 Å². The average molecular weight is 296 g/mol. The first-order chi connectivity index (χ1) is 9.85. The molecule has 2 rings (SSSR count). The molecule has 6 nitrogen and oxygen atoms in total. The second kappa shape index (κ2) is 6.13. The van der Waals surface area contributed by atoms with Crippen molar-refractivity contribution in [2.45, 2.75) is 58.5 Å². The highest BCUT2D eigenvalue weighted by Crippen LogP contribution is 2.31. The van der Waals surface area contributed by atoms with Crippen molar-refractivity contribution >= 4 is 17.8 Å². The third-order valence-corrected chi connectivity index (χ3v) is 3.95. The Morgan fingerprint density at radius 2 is 2.10 bits per heavy atom. The van der Waals surface area contributed by atoms with Gasteiger partial charge in [-0.25, -0.2) is 0 Å². The number of rotatable bonds is 7. The van der Waals surface area contributed by atoms with Crippen molar-refractivity contribution < 1.29 is 19.1 Å². The minimum absolute atomic E-state index is 0.151. The molecule has 1 aliphatic heterocycles. The number of nitrogens with one attached hydrogen (secondary N) is 1. The second-order valence-corrected chi connectivity index (χ2v) is 6.45. The van der Waals surface area contributed by atoms with Crippen molar-refractivity contribution in [1.29, 1.82) is 0 Å². The smallest absolute Gasteiger partial charge is 0.323 e. The maximum absolute atomic E-state index is 12.1. The Kier molecular flexibility index (Phi) is 4.66. The molecule has 2 amide bonds. The summed E-state index contributed by atoms with van der Waals surface area (Å²) in [5.74, 6) is -0.608. The number of esters is 1. The van der Waals surface area contributed by atoms with Gasteiger partial charge in [-0.3, -0.25) is 19.3 Å². The average Bonchev–Trinajstić information content (AvgIpc) is 3.17. The summed E-state index contributed by atoms with van der Waals surface area (Å²) in [4.78, 5) is 37.3. The summed E-state index contributed by atoms with van der Waals surface area (Å²) in [6.45, 7) is 5.92. The fourth-order valence-electron chi connectivity index (χ4n) is 2.56. The molecule has 2 fully saturated rings. The van der Waals surface area contributed by atoms with E-state index in [-0.39, 0.29) is 30.7 Å². The molecule has 21 heavy (non-hydrogen) atoms. The van der Waals surface area contributed by atoms with Gasteiger partial charge in [-0.05, 0) is 26.2 Å². The number of carbonyl (C=O) groups is 3.